The molecule has 9 heteroatoms. The van der Waals surface area contributed by atoms with E-state index in [1.807, 2.05) is 40.8 Å². The van der Waals surface area contributed by atoms with Crippen molar-refractivity contribution in [2.24, 2.45) is 5.92 Å². The number of aromatic nitrogens is 3. The molecular weight excluding hydrogens is 509 g/mol. The zero-order valence-electron chi connectivity index (χ0n) is 23.2. The first-order valence-electron chi connectivity index (χ1n) is 14.2. The first-order chi connectivity index (χ1) is 19.4. The van der Waals surface area contributed by atoms with Crippen LogP contribution in [0.15, 0.2) is 47.4 Å². The summed E-state index contributed by atoms with van der Waals surface area (Å²) in [4.78, 5) is 34.2. The number of H-pyrrole nitrogens is 1. The van der Waals surface area contributed by atoms with Gasteiger partial charge in [-0.15, -0.1) is 0 Å². The maximum atomic E-state index is 14.0. The molecule has 2 aliphatic rings. The predicted molar refractivity (Wildman–Crippen MR) is 153 cm³/mol. The number of nitrogens with one attached hydrogen (secondary N) is 1. The molecule has 0 aliphatic carbocycles. The molecule has 2 aromatic heterocycles. The van der Waals surface area contributed by atoms with E-state index in [0.29, 0.717) is 43.2 Å². The Morgan fingerprint density at radius 1 is 1.10 bits per heavy atom. The van der Waals surface area contributed by atoms with Gasteiger partial charge in [-0.2, -0.15) is 5.10 Å². The Kier molecular flexibility index (Phi) is 7.42. The van der Waals surface area contributed by atoms with E-state index < -0.39 is 0 Å². The number of ether oxygens (including phenoxy) is 1. The molecule has 0 radical (unpaired) electrons. The van der Waals surface area contributed by atoms with Gasteiger partial charge in [0.1, 0.15) is 5.82 Å². The molecule has 1 atom stereocenters. The summed E-state index contributed by atoms with van der Waals surface area (Å²) in [6.07, 6.45) is 4.17. The summed E-state index contributed by atoms with van der Waals surface area (Å²) in [7, 11) is 0. The summed E-state index contributed by atoms with van der Waals surface area (Å²) in [6.45, 7) is 9.36. The second kappa shape index (κ2) is 11.1. The zero-order chi connectivity index (χ0) is 27.8. The number of amides is 1. The van der Waals surface area contributed by atoms with Gasteiger partial charge in [-0.1, -0.05) is 19.1 Å². The highest BCUT2D eigenvalue weighted by Crippen LogP contribution is 2.30. The summed E-state index contributed by atoms with van der Waals surface area (Å²) in [5, 5.41) is 6.00. The Labute approximate surface area is 232 Å². The third-order valence-corrected chi connectivity index (χ3v) is 8.38. The maximum absolute atomic E-state index is 14.0. The van der Waals surface area contributed by atoms with Crippen molar-refractivity contribution in [2.45, 2.75) is 39.2 Å². The summed E-state index contributed by atoms with van der Waals surface area (Å²) in [5.74, 6) is 0.118. The average molecular weight is 546 g/mol. The highest BCUT2D eigenvalue weighted by Gasteiger charge is 2.27. The Hall–Kier alpha value is -3.56. The molecule has 4 aromatic rings. The second-order valence-corrected chi connectivity index (χ2v) is 11.4. The largest absolute Gasteiger partial charge is 0.381 e. The van der Waals surface area contributed by atoms with Crippen LogP contribution >= 0.6 is 0 Å². The highest BCUT2D eigenvalue weighted by atomic mass is 19.1. The van der Waals surface area contributed by atoms with Crippen LogP contribution < -0.4 is 5.56 Å². The molecule has 2 saturated heterocycles. The third kappa shape index (κ3) is 5.28. The van der Waals surface area contributed by atoms with Crippen LogP contribution in [0.4, 0.5) is 4.39 Å². The lowest BCUT2D eigenvalue weighted by molar-refractivity contribution is 0.0675. The number of pyridine rings is 1. The number of halogens is 1. The lowest BCUT2D eigenvalue weighted by Crippen LogP contribution is -2.36. The van der Waals surface area contributed by atoms with Gasteiger partial charge >= 0.3 is 0 Å². The van der Waals surface area contributed by atoms with Gasteiger partial charge in [-0.3, -0.25) is 14.3 Å². The maximum Gasteiger partial charge on any atom is 0.259 e. The van der Waals surface area contributed by atoms with E-state index in [0.717, 1.165) is 66.4 Å². The van der Waals surface area contributed by atoms with Crippen LogP contribution in [-0.2, 0) is 11.2 Å². The summed E-state index contributed by atoms with van der Waals surface area (Å²) >= 11 is 0. The van der Waals surface area contributed by atoms with E-state index in [9.17, 15) is 14.0 Å². The molecule has 40 heavy (non-hydrogen) atoms. The van der Waals surface area contributed by atoms with E-state index in [2.05, 4.69) is 21.9 Å². The zero-order valence-corrected chi connectivity index (χ0v) is 23.2. The molecule has 2 fully saturated rings. The third-order valence-electron chi connectivity index (χ3n) is 8.38. The van der Waals surface area contributed by atoms with Crippen molar-refractivity contribution >= 4 is 27.7 Å². The minimum Gasteiger partial charge on any atom is -0.381 e. The van der Waals surface area contributed by atoms with Crippen LogP contribution in [0.1, 0.15) is 47.3 Å². The summed E-state index contributed by atoms with van der Waals surface area (Å²) in [6, 6.07) is 10.7. The van der Waals surface area contributed by atoms with Crippen LogP contribution in [0.2, 0.25) is 0 Å². The second-order valence-electron chi connectivity index (χ2n) is 11.4. The van der Waals surface area contributed by atoms with Gasteiger partial charge in [0.15, 0.2) is 0 Å². The van der Waals surface area contributed by atoms with Crippen LogP contribution in [0.25, 0.3) is 21.8 Å². The topological polar surface area (TPSA) is 83.5 Å². The number of aromatic amines is 1. The van der Waals surface area contributed by atoms with Crippen molar-refractivity contribution < 1.29 is 13.9 Å². The molecule has 6 rings (SSSR count). The molecule has 1 amide bonds. The lowest BCUT2D eigenvalue weighted by Gasteiger charge is -2.24. The first kappa shape index (κ1) is 26.7. The first-order valence-corrected chi connectivity index (χ1v) is 14.2. The molecule has 8 nitrogen and oxygen atoms in total. The van der Waals surface area contributed by atoms with Crippen LogP contribution in [0.3, 0.4) is 0 Å². The smallest absolute Gasteiger partial charge is 0.259 e. The van der Waals surface area contributed by atoms with Gasteiger partial charge in [0.25, 0.3) is 11.5 Å². The number of benzene rings is 2. The Morgan fingerprint density at radius 3 is 2.65 bits per heavy atom. The number of fused-ring (bicyclic) bond motifs is 3. The van der Waals surface area contributed by atoms with E-state index in [4.69, 9.17) is 4.74 Å². The number of rotatable bonds is 5. The normalized spacial score (nSPS) is 19.4. The molecule has 0 spiro atoms. The molecule has 1 unspecified atom stereocenters. The molecule has 2 aliphatic heterocycles. The van der Waals surface area contributed by atoms with Crippen LogP contribution in [0.5, 0.6) is 0 Å². The van der Waals surface area contributed by atoms with Crippen molar-refractivity contribution in [1.82, 2.24) is 24.6 Å². The van der Waals surface area contributed by atoms with Gasteiger partial charge in [0.2, 0.25) is 0 Å². The van der Waals surface area contributed by atoms with Gasteiger partial charge in [-0.25, -0.2) is 4.39 Å². The van der Waals surface area contributed by atoms with Crippen molar-refractivity contribution in [2.75, 3.05) is 45.9 Å². The number of hydrogen-bond donors (Lipinski definition) is 1. The van der Waals surface area contributed by atoms with E-state index in [1.54, 1.807) is 6.20 Å². The standard InChI is InChI=1S/C31H36FN5O3/c1-20-18-35(10-7-22-3-5-23(32)6-4-22)11-12-36(19-20)31(39)25-16-26-28(15-21(25)2)34-30(38)27-17-33-37(29(26)27)24-8-13-40-14-9-24/h3-6,15-17,20,24H,7-14,18-19H2,1-2H3,(H,34,38). The van der Waals surface area contributed by atoms with Gasteiger partial charge in [-0.05, 0) is 67.5 Å². The minimum absolute atomic E-state index is 0.0168. The number of aryl methyl sites for hydroxylation is 1. The summed E-state index contributed by atoms with van der Waals surface area (Å²) < 4.78 is 20.8. The fraction of sp³-hybridized carbons (Fsp3) is 0.452. The number of carbonyl (C=O) groups is 1. The molecule has 0 bridgehead atoms. The van der Waals surface area contributed by atoms with Crippen molar-refractivity contribution in [1.29, 1.82) is 0 Å². The number of nitrogens with zero attached hydrogens (tertiary/aromatic N) is 4. The quantitative estimate of drug-likeness (QED) is 0.404. The molecule has 4 heterocycles. The number of hydrogen-bond acceptors (Lipinski definition) is 5. The molecule has 2 aromatic carbocycles. The van der Waals surface area contributed by atoms with E-state index in [1.165, 1.54) is 12.1 Å². The van der Waals surface area contributed by atoms with Gasteiger partial charge in [0.05, 0.1) is 28.7 Å². The highest BCUT2D eigenvalue weighted by molar-refractivity contribution is 6.07. The predicted octanol–water partition coefficient (Wildman–Crippen LogP) is 4.31. The monoisotopic (exact) mass is 545 g/mol. The Balaban J connectivity index is 1.27. The fourth-order valence-electron chi connectivity index (χ4n) is 6.25. The van der Waals surface area contributed by atoms with Gasteiger partial charge < -0.3 is 19.5 Å². The van der Waals surface area contributed by atoms with Crippen molar-refractivity contribution in [3.8, 4) is 0 Å². The van der Waals surface area contributed by atoms with Crippen molar-refractivity contribution in [3.63, 3.8) is 0 Å². The molecule has 210 valence electrons. The van der Waals surface area contributed by atoms with E-state index in [-0.39, 0.29) is 23.3 Å². The SMILES string of the molecule is Cc1cc2[nH]c(=O)c3cnn(C4CCOCC4)c3c2cc1C(=O)N1CCN(CCc2ccc(F)cc2)CC(C)C1. The Morgan fingerprint density at radius 2 is 1.88 bits per heavy atom. The minimum atomic E-state index is -0.217. The van der Waals surface area contributed by atoms with Crippen molar-refractivity contribution in [3.05, 3.63) is 75.5 Å². The molecule has 1 N–H and O–H groups in total. The van der Waals surface area contributed by atoms with Gasteiger partial charge in [0, 0.05) is 56.9 Å². The summed E-state index contributed by atoms with van der Waals surface area (Å²) in [5.41, 5.74) is 3.96. The fourth-order valence-corrected chi connectivity index (χ4v) is 6.25. The van der Waals surface area contributed by atoms with E-state index >= 15 is 0 Å². The number of carbonyl (C=O) groups excluding carboxylic acids is 1. The molecule has 0 saturated carbocycles. The van der Waals surface area contributed by atoms with Crippen LogP contribution in [0, 0.1) is 18.7 Å². The average Bonchev–Trinajstić information content (AvgIpc) is 3.31. The lowest BCUT2D eigenvalue weighted by atomic mass is 10.0. The molecular formula is C31H36FN5O3. The Bertz CT molecular complexity index is 1590. The van der Waals surface area contributed by atoms with Crippen LogP contribution in [-0.4, -0.2) is 76.4 Å².